The quantitative estimate of drug-likeness (QED) is 0.403. The maximum absolute atomic E-state index is 12.3. The lowest BCUT2D eigenvalue weighted by molar-refractivity contribution is 0.581. The van der Waals surface area contributed by atoms with E-state index in [1.54, 1.807) is 6.20 Å². The van der Waals surface area contributed by atoms with Gasteiger partial charge in [0.1, 0.15) is 5.69 Å². The molecule has 1 N–H and O–H groups in total. The monoisotopic (exact) mass is 461 g/mol. The van der Waals surface area contributed by atoms with E-state index in [1.807, 2.05) is 69.3 Å². The molecule has 0 radical (unpaired) electrons. The summed E-state index contributed by atoms with van der Waals surface area (Å²) in [5.41, 5.74) is 4.86. The molecule has 0 bridgehead atoms. The van der Waals surface area contributed by atoms with Gasteiger partial charge in [0.15, 0.2) is 0 Å². The first-order chi connectivity index (χ1) is 16.0. The van der Waals surface area contributed by atoms with Crippen LogP contribution in [0.3, 0.4) is 0 Å². The molecule has 0 aliphatic rings. The van der Waals surface area contributed by atoms with Crippen molar-refractivity contribution in [3.63, 3.8) is 0 Å². The number of hydrogen-bond donors (Lipinski definition) is 1. The van der Waals surface area contributed by atoms with Crippen LogP contribution in [-0.4, -0.2) is 36.2 Å². The summed E-state index contributed by atoms with van der Waals surface area (Å²) in [6.45, 7) is 9.58. The van der Waals surface area contributed by atoms with E-state index in [9.17, 15) is 4.21 Å². The molecule has 0 aliphatic carbocycles. The van der Waals surface area contributed by atoms with Crippen molar-refractivity contribution < 1.29 is 8.63 Å². The average Bonchev–Trinajstić information content (AvgIpc) is 3.33. The summed E-state index contributed by atoms with van der Waals surface area (Å²) in [5.74, 6) is 0.762. The van der Waals surface area contributed by atoms with Gasteiger partial charge in [-0.25, -0.2) is 4.98 Å². The number of nitrogens with zero attached hydrogens (tertiary/aromatic N) is 4. The van der Waals surface area contributed by atoms with E-state index >= 15 is 0 Å². The number of nitrogens with one attached hydrogen (secondary N) is 1. The van der Waals surface area contributed by atoms with Gasteiger partial charge < -0.3 is 9.73 Å². The van der Waals surface area contributed by atoms with Crippen molar-refractivity contribution in [3.8, 4) is 34.3 Å². The zero-order chi connectivity index (χ0) is 23.4. The summed E-state index contributed by atoms with van der Waals surface area (Å²) < 4.78 is 18.3. The van der Waals surface area contributed by atoms with Gasteiger partial charge in [-0.1, -0.05) is 45.0 Å². The van der Waals surface area contributed by atoms with E-state index in [-0.39, 0.29) is 5.25 Å². The third-order valence-electron chi connectivity index (χ3n) is 5.17. The fourth-order valence-corrected chi connectivity index (χ4v) is 4.24. The first kappa shape index (κ1) is 22.9. The lowest BCUT2D eigenvalue weighted by Crippen LogP contribution is -2.11. The Morgan fingerprint density at radius 2 is 1.64 bits per heavy atom. The Hall–Kier alpha value is -3.23. The van der Waals surface area contributed by atoms with Crippen molar-refractivity contribution in [1.29, 1.82) is 0 Å². The molecule has 170 valence electrons. The number of hydrogen-bond acceptors (Lipinski definition) is 7. The average molecular weight is 462 g/mol. The van der Waals surface area contributed by atoms with Crippen LogP contribution in [0, 0.1) is 6.92 Å². The van der Waals surface area contributed by atoms with Gasteiger partial charge in [-0.15, -0.1) is 10.2 Å². The molecular weight excluding hydrogens is 434 g/mol. The number of benzene rings is 2. The molecule has 2 heterocycles. The van der Waals surface area contributed by atoms with Crippen molar-refractivity contribution >= 4 is 10.8 Å². The Labute approximate surface area is 196 Å². The highest BCUT2D eigenvalue weighted by molar-refractivity contribution is 7.85. The van der Waals surface area contributed by atoms with Crippen LogP contribution in [0.2, 0.25) is 0 Å². The van der Waals surface area contributed by atoms with Crippen molar-refractivity contribution in [2.75, 3.05) is 6.54 Å². The third kappa shape index (κ3) is 5.23. The second-order valence-corrected chi connectivity index (χ2v) is 9.96. The standard InChI is InChI=1S/C25H27N5O2S/c1-5-26-14-18-6-8-20(9-7-18)24-29-30-25(32-24)23-17(4)27-15-22(28-23)19-10-12-21(13-11-19)33(31)16(2)3/h6-13,15-16,26H,5,14H2,1-4H3. The molecule has 2 aromatic heterocycles. The Morgan fingerprint density at radius 1 is 0.970 bits per heavy atom. The molecule has 0 saturated carbocycles. The molecule has 2 aromatic carbocycles. The largest absolute Gasteiger partial charge is 0.415 e. The number of rotatable bonds is 8. The summed E-state index contributed by atoms with van der Waals surface area (Å²) in [4.78, 5) is 10.0. The van der Waals surface area contributed by atoms with E-state index in [1.165, 1.54) is 5.56 Å². The first-order valence-corrected chi connectivity index (χ1v) is 12.2. The highest BCUT2D eigenvalue weighted by atomic mass is 32.2. The molecule has 4 rings (SSSR count). The Morgan fingerprint density at radius 3 is 2.30 bits per heavy atom. The van der Waals surface area contributed by atoms with Crippen molar-refractivity contribution in [3.05, 3.63) is 66.0 Å². The Balaban J connectivity index is 1.59. The summed E-state index contributed by atoms with van der Waals surface area (Å²) in [7, 11) is -1.03. The topological polar surface area (TPSA) is 93.8 Å². The van der Waals surface area contributed by atoms with Gasteiger partial charge in [0.2, 0.25) is 5.89 Å². The van der Waals surface area contributed by atoms with Crippen molar-refractivity contribution in [2.24, 2.45) is 0 Å². The normalized spacial score (nSPS) is 12.3. The summed E-state index contributed by atoms with van der Waals surface area (Å²) in [6, 6.07) is 15.6. The summed E-state index contributed by atoms with van der Waals surface area (Å²) in [5, 5.41) is 11.8. The Kier molecular flexibility index (Phi) is 7.05. The molecule has 4 aromatic rings. The minimum Gasteiger partial charge on any atom is -0.415 e. The van der Waals surface area contributed by atoms with Crippen LogP contribution in [0.5, 0.6) is 0 Å². The SMILES string of the molecule is CCNCc1ccc(-c2nnc(-c3nc(-c4ccc(S(=O)C(C)C)cc4)cnc3C)o2)cc1. The molecule has 0 aliphatic heterocycles. The van der Waals surface area contributed by atoms with Crippen LogP contribution >= 0.6 is 0 Å². The number of aromatic nitrogens is 4. The molecule has 1 unspecified atom stereocenters. The van der Waals surface area contributed by atoms with E-state index in [0.29, 0.717) is 28.9 Å². The molecule has 1 atom stereocenters. The summed E-state index contributed by atoms with van der Waals surface area (Å²) in [6.07, 6.45) is 1.72. The molecule has 7 nitrogen and oxygen atoms in total. The van der Waals surface area contributed by atoms with Crippen molar-refractivity contribution in [2.45, 2.75) is 44.4 Å². The molecule has 0 saturated heterocycles. The van der Waals surface area contributed by atoms with Crippen LogP contribution in [0.25, 0.3) is 34.3 Å². The second-order valence-electron chi connectivity index (χ2n) is 7.95. The molecule has 0 spiro atoms. The maximum Gasteiger partial charge on any atom is 0.268 e. The molecule has 33 heavy (non-hydrogen) atoms. The minimum absolute atomic E-state index is 0.0672. The maximum atomic E-state index is 12.3. The zero-order valence-corrected chi connectivity index (χ0v) is 20.0. The van der Waals surface area contributed by atoms with Gasteiger partial charge in [-0.2, -0.15) is 0 Å². The third-order valence-corrected chi connectivity index (χ3v) is 6.77. The minimum atomic E-state index is -1.03. The summed E-state index contributed by atoms with van der Waals surface area (Å²) >= 11 is 0. The first-order valence-electron chi connectivity index (χ1n) is 10.9. The second kappa shape index (κ2) is 10.1. The highest BCUT2D eigenvalue weighted by Crippen LogP contribution is 2.27. The van der Waals surface area contributed by atoms with Crippen molar-refractivity contribution in [1.82, 2.24) is 25.5 Å². The van der Waals surface area contributed by atoms with Gasteiger partial charge in [0.05, 0.1) is 28.4 Å². The number of aryl methyl sites for hydroxylation is 1. The predicted molar refractivity (Wildman–Crippen MR) is 130 cm³/mol. The van der Waals surface area contributed by atoms with E-state index < -0.39 is 10.8 Å². The van der Waals surface area contributed by atoms with Gasteiger partial charge in [-0.05, 0) is 43.3 Å². The van der Waals surface area contributed by atoms with Crippen LogP contribution in [0.1, 0.15) is 32.0 Å². The smallest absolute Gasteiger partial charge is 0.268 e. The van der Waals surface area contributed by atoms with Crippen LogP contribution in [0.15, 0.2) is 64.0 Å². The molecule has 0 amide bonds. The van der Waals surface area contributed by atoms with Crippen LogP contribution < -0.4 is 5.32 Å². The van der Waals surface area contributed by atoms with Crippen LogP contribution in [-0.2, 0) is 17.3 Å². The lowest BCUT2D eigenvalue weighted by atomic mass is 10.1. The van der Waals surface area contributed by atoms with Gasteiger partial charge >= 0.3 is 0 Å². The molecular formula is C25H27N5O2S. The molecule has 0 fully saturated rings. The Bertz CT molecular complexity index is 1250. The highest BCUT2D eigenvalue weighted by Gasteiger charge is 2.16. The zero-order valence-electron chi connectivity index (χ0n) is 19.2. The van der Waals surface area contributed by atoms with Crippen LogP contribution in [0.4, 0.5) is 0 Å². The van der Waals surface area contributed by atoms with Gasteiger partial charge in [0.25, 0.3) is 5.89 Å². The molecule has 8 heteroatoms. The van der Waals surface area contributed by atoms with Gasteiger partial charge in [-0.3, -0.25) is 9.19 Å². The predicted octanol–water partition coefficient (Wildman–Crippen LogP) is 4.79. The fraction of sp³-hybridized carbons (Fsp3) is 0.280. The van der Waals surface area contributed by atoms with E-state index in [2.05, 4.69) is 27.4 Å². The van der Waals surface area contributed by atoms with E-state index in [0.717, 1.165) is 29.1 Å². The lowest BCUT2D eigenvalue weighted by Gasteiger charge is -2.08. The van der Waals surface area contributed by atoms with E-state index in [4.69, 9.17) is 9.40 Å². The fourth-order valence-electron chi connectivity index (χ4n) is 3.29. The van der Waals surface area contributed by atoms with Gasteiger partial charge in [0, 0.05) is 27.8 Å².